The van der Waals surface area contributed by atoms with Gasteiger partial charge in [-0.1, -0.05) is 13.8 Å². The van der Waals surface area contributed by atoms with Crippen molar-refractivity contribution in [3.05, 3.63) is 29.5 Å². The van der Waals surface area contributed by atoms with Gasteiger partial charge >= 0.3 is 0 Å². The van der Waals surface area contributed by atoms with Gasteiger partial charge in [0.15, 0.2) is 5.82 Å². The Balaban J connectivity index is 2.41. The Morgan fingerprint density at radius 2 is 2.17 bits per heavy atom. The van der Waals surface area contributed by atoms with Crippen molar-refractivity contribution in [2.75, 3.05) is 20.3 Å². The van der Waals surface area contributed by atoms with Crippen LogP contribution in [0, 0.1) is 5.82 Å². The Bertz CT molecular complexity index is 639. The van der Waals surface area contributed by atoms with Crippen LogP contribution in [0.15, 0.2) is 12.3 Å². The van der Waals surface area contributed by atoms with Gasteiger partial charge < -0.3 is 14.6 Å². The fraction of sp³-hybridized carbons (Fsp3) is 0.611. The first kappa shape index (κ1) is 17.9. The van der Waals surface area contributed by atoms with Gasteiger partial charge in [-0.3, -0.25) is 4.98 Å². The van der Waals surface area contributed by atoms with Crippen molar-refractivity contribution in [1.82, 2.24) is 14.9 Å². The molecule has 0 radical (unpaired) electrons. The second-order valence-electron chi connectivity index (χ2n) is 5.93. The summed E-state index contributed by atoms with van der Waals surface area (Å²) in [5.74, 6) is -0.178. The van der Waals surface area contributed by atoms with Crippen LogP contribution in [0.3, 0.4) is 0 Å². The number of nitrogens with one attached hydrogen (secondary N) is 1. The maximum atomic E-state index is 14.4. The van der Waals surface area contributed by atoms with Crippen molar-refractivity contribution in [3.63, 3.8) is 0 Å². The largest absolute Gasteiger partial charge is 0.385 e. The molecule has 0 fully saturated rings. The summed E-state index contributed by atoms with van der Waals surface area (Å²) < 4.78 is 21.5. The summed E-state index contributed by atoms with van der Waals surface area (Å²) >= 11 is 0. The van der Waals surface area contributed by atoms with Crippen molar-refractivity contribution >= 4 is 10.9 Å². The molecule has 128 valence electrons. The van der Waals surface area contributed by atoms with E-state index in [1.165, 1.54) is 0 Å². The van der Waals surface area contributed by atoms with Crippen LogP contribution >= 0.6 is 0 Å². The number of pyridine rings is 1. The molecule has 0 aliphatic carbocycles. The van der Waals surface area contributed by atoms with Crippen LogP contribution in [0.5, 0.6) is 0 Å². The molecule has 0 amide bonds. The molecule has 1 N–H and O–H groups in total. The van der Waals surface area contributed by atoms with E-state index >= 15 is 0 Å². The molecule has 2 aromatic heterocycles. The fourth-order valence-corrected chi connectivity index (χ4v) is 2.87. The zero-order valence-electron chi connectivity index (χ0n) is 14.7. The van der Waals surface area contributed by atoms with Gasteiger partial charge in [0.1, 0.15) is 0 Å². The number of aromatic nitrogens is 2. The lowest BCUT2D eigenvalue weighted by molar-refractivity contribution is 0.190. The van der Waals surface area contributed by atoms with E-state index in [0.717, 1.165) is 49.3 Å². The zero-order valence-corrected chi connectivity index (χ0v) is 14.7. The Hall–Kier alpha value is -1.46. The van der Waals surface area contributed by atoms with Gasteiger partial charge in [0.2, 0.25) is 0 Å². The molecule has 4 nitrogen and oxygen atoms in total. The highest BCUT2D eigenvalue weighted by molar-refractivity contribution is 5.83. The number of hydrogen-bond donors (Lipinski definition) is 1. The molecular weight excluding hydrogens is 293 g/mol. The highest BCUT2D eigenvalue weighted by Gasteiger charge is 2.17. The normalized spacial score (nSPS) is 12.9. The molecule has 0 saturated heterocycles. The first-order chi connectivity index (χ1) is 11.1. The number of halogens is 1. The number of ether oxygens (including phenoxy) is 1. The Kier molecular flexibility index (Phi) is 6.54. The van der Waals surface area contributed by atoms with E-state index in [4.69, 9.17) is 9.72 Å². The van der Waals surface area contributed by atoms with Crippen molar-refractivity contribution < 1.29 is 9.13 Å². The molecule has 2 heterocycles. The summed E-state index contributed by atoms with van der Waals surface area (Å²) in [5, 5.41) is 4.12. The van der Waals surface area contributed by atoms with Gasteiger partial charge in [-0.05, 0) is 38.8 Å². The van der Waals surface area contributed by atoms with Crippen LogP contribution in [-0.4, -0.2) is 29.8 Å². The number of hydrogen-bond acceptors (Lipinski definition) is 3. The first-order valence-corrected chi connectivity index (χ1v) is 8.52. The van der Waals surface area contributed by atoms with E-state index in [1.807, 2.05) is 17.6 Å². The molecular formula is C18H28FN3O. The third-order valence-electron chi connectivity index (χ3n) is 4.14. The lowest BCUT2D eigenvalue weighted by Crippen LogP contribution is -2.20. The highest BCUT2D eigenvalue weighted by Crippen LogP contribution is 2.26. The Morgan fingerprint density at radius 3 is 2.83 bits per heavy atom. The van der Waals surface area contributed by atoms with E-state index in [0.29, 0.717) is 12.0 Å². The molecule has 0 spiro atoms. The van der Waals surface area contributed by atoms with E-state index in [1.54, 1.807) is 13.3 Å². The summed E-state index contributed by atoms with van der Waals surface area (Å²) in [7, 11) is 1.69. The van der Waals surface area contributed by atoms with Crippen molar-refractivity contribution in [2.45, 2.75) is 52.6 Å². The van der Waals surface area contributed by atoms with Gasteiger partial charge in [-0.15, -0.1) is 0 Å². The SMILES string of the molecule is CCCNC(C)c1cc2c(c(F)cn2CCCOC)c(CC)n1. The number of rotatable bonds is 9. The lowest BCUT2D eigenvalue weighted by atomic mass is 10.1. The quantitative estimate of drug-likeness (QED) is 0.713. The molecule has 0 saturated carbocycles. The number of nitrogens with zero attached hydrogens (tertiary/aromatic N) is 2. The molecule has 0 bridgehead atoms. The van der Waals surface area contributed by atoms with Gasteiger partial charge in [0.05, 0.1) is 22.3 Å². The Morgan fingerprint density at radius 1 is 1.39 bits per heavy atom. The van der Waals surface area contributed by atoms with E-state index in [9.17, 15) is 4.39 Å². The van der Waals surface area contributed by atoms with Crippen molar-refractivity contribution in [1.29, 1.82) is 0 Å². The second kappa shape index (κ2) is 8.41. The number of aryl methyl sites for hydroxylation is 2. The van der Waals surface area contributed by atoms with Gasteiger partial charge in [-0.2, -0.15) is 0 Å². The second-order valence-corrected chi connectivity index (χ2v) is 5.93. The molecule has 0 aliphatic heterocycles. The molecule has 1 atom stereocenters. The van der Waals surface area contributed by atoms with Crippen LogP contribution < -0.4 is 5.32 Å². The summed E-state index contributed by atoms with van der Waals surface area (Å²) in [5.41, 5.74) is 2.75. The van der Waals surface area contributed by atoms with Crippen molar-refractivity contribution in [2.24, 2.45) is 0 Å². The minimum Gasteiger partial charge on any atom is -0.385 e. The summed E-state index contributed by atoms with van der Waals surface area (Å²) in [4.78, 5) is 4.70. The van der Waals surface area contributed by atoms with Crippen LogP contribution in [0.2, 0.25) is 0 Å². The molecule has 0 aliphatic rings. The molecule has 5 heteroatoms. The van der Waals surface area contributed by atoms with Gasteiger partial charge in [0, 0.05) is 32.5 Å². The average molecular weight is 321 g/mol. The topological polar surface area (TPSA) is 39.1 Å². The minimum absolute atomic E-state index is 0.162. The van der Waals surface area contributed by atoms with Crippen LogP contribution in [-0.2, 0) is 17.7 Å². The van der Waals surface area contributed by atoms with Crippen LogP contribution in [0.25, 0.3) is 10.9 Å². The predicted molar refractivity (Wildman–Crippen MR) is 92.3 cm³/mol. The molecule has 23 heavy (non-hydrogen) atoms. The summed E-state index contributed by atoms with van der Waals surface area (Å²) in [6.07, 6.45) is 4.26. The third-order valence-corrected chi connectivity index (χ3v) is 4.14. The van der Waals surface area contributed by atoms with Gasteiger partial charge in [0.25, 0.3) is 0 Å². The van der Waals surface area contributed by atoms with Gasteiger partial charge in [-0.25, -0.2) is 4.39 Å². The van der Waals surface area contributed by atoms with E-state index in [2.05, 4.69) is 19.2 Å². The average Bonchev–Trinajstić information content (AvgIpc) is 2.88. The lowest BCUT2D eigenvalue weighted by Gasteiger charge is -2.15. The first-order valence-electron chi connectivity index (χ1n) is 8.52. The monoisotopic (exact) mass is 321 g/mol. The maximum absolute atomic E-state index is 14.4. The zero-order chi connectivity index (χ0) is 16.8. The van der Waals surface area contributed by atoms with E-state index in [-0.39, 0.29) is 11.9 Å². The van der Waals surface area contributed by atoms with Crippen LogP contribution in [0.1, 0.15) is 51.0 Å². The van der Waals surface area contributed by atoms with E-state index < -0.39 is 0 Å². The third kappa shape index (κ3) is 4.09. The van der Waals surface area contributed by atoms with Crippen LogP contribution in [0.4, 0.5) is 4.39 Å². The molecule has 1 unspecified atom stereocenters. The standard InChI is InChI=1S/C18H28FN3O/c1-5-8-20-13(3)16-11-17-18(15(6-2)21-16)14(19)12-22(17)9-7-10-23-4/h11-13,20H,5-10H2,1-4H3. The Labute approximate surface area is 138 Å². The maximum Gasteiger partial charge on any atom is 0.150 e. The minimum atomic E-state index is -0.178. The predicted octanol–water partition coefficient (Wildman–Crippen LogP) is 3.83. The number of fused-ring (bicyclic) bond motifs is 1. The summed E-state index contributed by atoms with van der Waals surface area (Å²) in [6.45, 7) is 8.65. The summed E-state index contributed by atoms with van der Waals surface area (Å²) in [6, 6.07) is 2.19. The molecule has 2 aromatic rings. The van der Waals surface area contributed by atoms with Crippen molar-refractivity contribution in [3.8, 4) is 0 Å². The highest BCUT2D eigenvalue weighted by atomic mass is 19.1. The molecule has 0 aromatic carbocycles. The smallest absolute Gasteiger partial charge is 0.150 e. The number of methoxy groups -OCH3 is 1. The molecule has 2 rings (SSSR count). The fourth-order valence-electron chi connectivity index (χ4n) is 2.87.